The van der Waals surface area contributed by atoms with Crippen molar-refractivity contribution < 1.29 is 4.74 Å². The summed E-state index contributed by atoms with van der Waals surface area (Å²) >= 11 is 0. The molecule has 2 aromatic rings. The van der Waals surface area contributed by atoms with Gasteiger partial charge in [0.05, 0.1) is 12.8 Å². The molecule has 0 unspecified atom stereocenters. The van der Waals surface area contributed by atoms with Gasteiger partial charge in [-0.25, -0.2) is 0 Å². The van der Waals surface area contributed by atoms with E-state index in [1.807, 2.05) is 4.57 Å². The van der Waals surface area contributed by atoms with E-state index in [1.54, 1.807) is 19.8 Å². The van der Waals surface area contributed by atoms with E-state index in [-0.39, 0.29) is 5.41 Å². The van der Waals surface area contributed by atoms with Crippen LogP contribution in [0.2, 0.25) is 0 Å². The molecule has 1 aromatic heterocycles. The predicted molar refractivity (Wildman–Crippen MR) is 80.7 cm³/mol. The Morgan fingerprint density at radius 2 is 1.70 bits per heavy atom. The molecule has 20 heavy (non-hydrogen) atoms. The number of aromatic nitrogens is 3. The number of methoxy groups -OCH3 is 1. The highest BCUT2D eigenvalue weighted by Gasteiger charge is 2.21. The summed E-state index contributed by atoms with van der Waals surface area (Å²) in [6.45, 7) is 11.0. The second-order valence-electron chi connectivity index (χ2n) is 6.39. The Morgan fingerprint density at radius 3 is 2.15 bits per heavy atom. The molecule has 0 spiro atoms. The van der Waals surface area contributed by atoms with Crippen molar-refractivity contribution in [1.29, 1.82) is 0 Å². The molecule has 0 amide bonds. The maximum atomic E-state index is 5.65. The molecule has 0 atom stereocenters. The molecule has 108 valence electrons. The van der Waals surface area contributed by atoms with Crippen LogP contribution < -0.4 is 4.74 Å². The monoisotopic (exact) mass is 273 g/mol. The fourth-order valence-corrected chi connectivity index (χ4v) is 2.24. The third-order valence-electron chi connectivity index (χ3n) is 3.49. The van der Waals surface area contributed by atoms with Gasteiger partial charge in [-0.15, -0.1) is 10.2 Å². The van der Waals surface area contributed by atoms with E-state index in [0.717, 1.165) is 11.4 Å². The van der Waals surface area contributed by atoms with Crippen LogP contribution >= 0.6 is 0 Å². The summed E-state index contributed by atoms with van der Waals surface area (Å²) in [5, 5.41) is 7.80. The van der Waals surface area contributed by atoms with Crippen molar-refractivity contribution in [2.45, 2.75) is 46.0 Å². The zero-order chi connectivity index (χ0) is 14.9. The van der Waals surface area contributed by atoms with E-state index in [9.17, 15) is 0 Å². The molecule has 4 heteroatoms. The Labute approximate surface area is 120 Å². The summed E-state index contributed by atoms with van der Waals surface area (Å²) in [6.07, 6.45) is 3.41. The summed E-state index contributed by atoms with van der Waals surface area (Å²) in [4.78, 5) is 0. The van der Waals surface area contributed by atoms with Crippen LogP contribution in [0.15, 0.2) is 24.8 Å². The molecule has 0 N–H and O–H groups in total. The summed E-state index contributed by atoms with van der Waals surface area (Å²) < 4.78 is 7.56. The van der Waals surface area contributed by atoms with Gasteiger partial charge in [-0.3, -0.25) is 4.57 Å². The topological polar surface area (TPSA) is 39.9 Å². The SMILES string of the molecule is COc1c(C(C)C)cc(C(C)(C)C)cc1-n1cnnc1. The van der Waals surface area contributed by atoms with Crippen molar-refractivity contribution in [3.05, 3.63) is 35.9 Å². The van der Waals surface area contributed by atoms with Crippen LogP contribution in [0.4, 0.5) is 0 Å². The third-order valence-corrected chi connectivity index (χ3v) is 3.49. The number of hydrogen-bond donors (Lipinski definition) is 0. The minimum absolute atomic E-state index is 0.0820. The number of hydrogen-bond acceptors (Lipinski definition) is 3. The second-order valence-corrected chi connectivity index (χ2v) is 6.39. The second kappa shape index (κ2) is 5.27. The zero-order valence-electron chi connectivity index (χ0n) is 13.1. The molecule has 0 saturated carbocycles. The molecule has 0 fully saturated rings. The first kappa shape index (κ1) is 14.6. The van der Waals surface area contributed by atoms with Crippen molar-refractivity contribution in [1.82, 2.24) is 14.8 Å². The molecule has 2 rings (SSSR count). The molecule has 0 aliphatic rings. The van der Waals surface area contributed by atoms with E-state index in [2.05, 4.69) is 56.9 Å². The highest BCUT2D eigenvalue weighted by atomic mass is 16.5. The number of rotatable bonds is 3. The first-order valence-corrected chi connectivity index (χ1v) is 6.92. The van der Waals surface area contributed by atoms with Crippen molar-refractivity contribution in [3.8, 4) is 11.4 Å². The zero-order valence-corrected chi connectivity index (χ0v) is 13.1. The fraction of sp³-hybridized carbons (Fsp3) is 0.500. The van der Waals surface area contributed by atoms with Crippen molar-refractivity contribution in [2.24, 2.45) is 0 Å². The van der Waals surface area contributed by atoms with Crippen LogP contribution in [0.25, 0.3) is 5.69 Å². The van der Waals surface area contributed by atoms with Gasteiger partial charge in [0.25, 0.3) is 0 Å². The fourth-order valence-electron chi connectivity index (χ4n) is 2.24. The Bertz CT molecular complexity index is 581. The molecule has 1 aromatic carbocycles. The largest absolute Gasteiger partial charge is 0.494 e. The molecule has 0 radical (unpaired) electrons. The van der Waals surface area contributed by atoms with E-state index < -0.39 is 0 Å². The van der Waals surface area contributed by atoms with E-state index >= 15 is 0 Å². The van der Waals surface area contributed by atoms with Crippen LogP contribution in [0.3, 0.4) is 0 Å². The third kappa shape index (κ3) is 2.69. The lowest BCUT2D eigenvalue weighted by Gasteiger charge is -2.24. The van der Waals surface area contributed by atoms with Gasteiger partial charge in [-0.2, -0.15) is 0 Å². The maximum absolute atomic E-state index is 5.65. The molecule has 1 heterocycles. The Hall–Kier alpha value is -1.84. The van der Waals surface area contributed by atoms with Crippen molar-refractivity contribution >= 4 is 0 Å². The predicted octanol–water partition coefficient (Wildman–Crippen LogP) is 3.70. The van der Waals surface area contributed by atoms with Gasteiger partial charge in [-0.05, 0) is 28.5 Å². The van der Waals surface area contributed by atoms with Gasteiger partial charge in [0.1, 0.15) is 18.4 Å². The average molecular weight is 273 g/mol. The highest BCUT2D eigenvalue weighted by molar-refractivity contribution is 5.56. The minimum Gasteiger partial charge on any atom is -0.494 e. The smallest absolute Gasteiger partial charge is 0.146 e. The van der Waals surface area contributed by atoms with Crippen LogP contribution in [0, 0.1) is 0 Å². The summed E-state index contributed by atoms with van der Waals surface area (Å²) in [5.41, 5.74) is 3.57. The minimum atomic E-state index is 0.0820. The van der Waals surface area contributed by atoms with Crippen LogP contribution in [-0.2, 0) is 5.41 Å². The molecule has 0 saturated heterocycles. The molecular weight excluding hydrogens is 250 g/mol. The van der Waals surface area contributed by atoms with Gasteiger partial charge in [0.15, 0.2) is 0 Å². The molecule has 4 nitrogen and oxygen atoms in total. The standard InChI is InChI=1S/C16H23N3O/c1-11(2)13-7-12(16(3,4)5)8-14(15(13)20-6)19-9-17-18-10-19/h7-11H,1-6H3. The van der Waals surface area contributed by atoms with Gasteiger partial charge in [-0.1, -0.05) is 40.7 Å². The van der Waals surface area contributed by atoms with E-state index in [1.165, 1.54) is 11.1 Å². The number of benzene rings is 1. The number of ether oxygens (including phenoxy) is 1. The van der Waals surface area contributed by atoms with Crippen molar-refractivity contribution in [2.75, 3.05) is 7.11 Å². The van der Waals surface area contributed by atoms with Gasteiger partial charge in [0.2, 0.25) is 0 Å². The quantitative estimate of drug-likeness (QED) is 0.856. The normalized spacial score (nSPS) is 11.9. The summed E-state index contributed by atoms with van der Waals surface area (Å²) in [5.74, 6) is 1.29. The molecule has 0 aliphatic carbocycles. The van der Waals surface area contributed by atoms with E-state index in [4.69, 9.17) is 4.74 Å². The van der Waals surface area contributed by atoms with Crippen LogP contribution in [-0.4, -0.2) is 21.9 Å². The average Bonchev–Trinajstić information content (AvgIpc) is 2.89. The van der Waals surface area contributed by atoms with Crippen LogP contribution in [0.5, 0.6) is 5.75 Å². The lowest BCUT2D eigenvalue weighted by Crippen LogP contribution is -2.14. The maximum Gasteiger partial charge on any atom is 0.146 e. The molecule has 0 bridgehead atoms. The van der Waals surface area contributed by atoms with Gasteiger partial charge in [0, 0.05) is 0 Å². The van der Waals surface area contributed by atoms with Crippen molar-refractivity contribution in [3.63, 3.8) is 0 Å². The number of nitrogens with zero attached hydrogens (tertiary/aromatic N) is 3. The Kier molecular flexibility index (Phi) is 3.84. The van der Waals surface area contributed by atoms with Gasteiger partial charge >= 0.3 is 0 Å². The molecule has 0 aliphatic heterocycles. The first-order chi connectivity index (χ1) is 9.34. The Balaban J connectivity index is 2.73. The Morgan fingerprint density at radius 1 is 1.10 bits per heavy atom. The highest BCUT2D eigenvalue weighted by Crippen LogP contribution is 2.37. The molecular formula is C16H23N3O. The van der Waals surface area contributed by atoms with Crippen LogP contribution in [0.1, 0.15) is 51.7 Å². The summed E-state index contributed by atoms with van der Waals surface area (Å²) in [6, 6.07) is 4.41. The lowest BCUT2D eigenvalue weighted by atomic mass is 9.84. The summed E-state index contributed by atoms with van der Waals surface area (Å²) in [7, 11) is 1.71. The van der Waals surface area contributed by atoms with Gasteiger partial charge < -0.3 is 4.74 Å². The lowest BCUT2D eigenvalue weighted by molar-refractivity contribution is 0.404. The van der Waals surface area contributed by atoms with E-state index in [0.29, 0.717) is 5.92 Å². The first-order valence-electron chi connectivity index (χ1n) is 6.92.